The SMILES string of the molecule is CCC(C)([B]OC(C)(C)C(C)(C)C)OC(=O)c1ccc(C(=O)C(C)(C)C)o1. The van der Waals surface area contributed by atoms with Crippen LogP contribution in [-0.4, -0.2) is 30.3 Å². The van der Waals surface area contributed by atoms with E-state index in [-0.39, 0.29) is 22.7 Å². The average molecular weight is 377 g/mol. The second-order valence-electron chi connectivity index (χ2n) is 9.79. The third-order valence-electron chi connectivity index (χ3n) is 5.15. The summed E-state index contributed by atoms with van der Waals surface area (Å²) in [6.45, 7) is 19.4. The molecule has 0 N–H and O–H groups in total. The van der Waals surface area contributed by atoms with Crippen molar-refractivity contribution in [3.63, 3.8) is 0 Å². The average Bonchev–Trinajstić information content (AvgIpc) is 3.00. The van der Waals surface area contributed by atoms with E-state index in [0.717, 1.165) is 0 Å². The van der Waals surface area contributed by atoms with Crippen LogP contribution >= 0.6 is 0 Å². The molecule has 1 aromatic rings. The lowest BCUT2D eigenvalue weighted by molar-refractivity contribution is -0.0237. The lowest BCUT2D eigenvalue weighted by Crippen LogP contribution is -2.47. The zero-order valence-corrected chi connectivity index (χ0v) is 18.5. The number of hydrogen-bond donors (Lipinski definition) is 0. The zero-order chi connectivity index (χ0) is 21.3. The van der Waals surface area contributed by atoms with Crippen LogP contribution in [0.3, 0.4) is 0 Å². The molecule has 1 radical (unpaired) electrons. The van der Waals surface area contributed by atoms with Gasteiger partial charge in [0.15, 0.2) is 5.76 Å². The van der Waals surface area contributed by atoms with E-state index >= 15 is 0 Å². The van der Waals surface area contributed by atoms with E-state index < -0.39 is 22.5 Å². The molecule has 0 aliphatic carbocycles. The number of carbonyl (C=O) groups is 2. The molecule has 0 saturated carbocycles. The molecule has 1 heterocycles. The minimum atomic E-state index is -0.916. The highest BCUT2D eigenvalue weighted by Crippen LogP contribution is 2.34. The van der Waals surface area contributed by atoms with Gasteiger partial charge in [0, 0.05) is 5.41 Å². The second kappa shape index (κ2) is 7.82. The van der Waals surface area contributed by atoms with Crippen LogP contribution in [0.15, 0.2) is 16.5 Å². The summed E-state index contributed by atoms with van der Waals surface area (Å²) in [6, 6.07) is 2.98. The third kappa shape index (κ3) is 5.96. The smallest absolute Gasteiger partial charge is 0.374 e. The van der Waals surface area contributed by atoms with Crippen LogP contribution in [-0.2, 0) is 9.39 Å². The Bertz CT molecular complexity index is 675. The van der Waals surface area contributed by atoms with Crippen molar-refractivity contribution >= 4 is 19.2 Å². The Morgan fingerprint density at radius 3 is 1.93 bits per heavy atom. The highest BCUT2D eigenvalue weighted by molar-refractivity contribution is 6.32. The molecule has 0 amide bonds. The van der Waals surface area contributed by atoms with Crippen molar-refractivity contribution in [2.75, 3.05) is 0 Å². The molecular formula is C21H34BO5. The summed E-state index contributed by atoms with van der Waals surface area (Å²) in [5, 5.41) is 0. The van der Waals surface area contributed by atoms with E-state index in [0.29, 0.717) is 6.42 Å². The van der Waals surface area contributed by atoms with Crippen LogP contribution in [0, 0.1) is 10.8 Å². The molecular weight excluding hydrogens is 343 g/mol. The first-order valence-electron chi connectivity index (χ1n) is 9.42. The van der Waals surface area contributed by atoms with Gasteiger partial charge in [0.25, 0.3) is 0 Å². The largest absolute Gasteiger partial charge is 0.460 e. The van der Waals surface area contributed by atoms with E-state index in [1.165, 1.54) is 12.1 Å². The summed E-state index contributed by atoms with van der Waals surface area (Å²) >= 11 is 0. The molecule has 0 aliphatic heterocycles. The summed E-state index contributed by atoms with van der Waals surface area (Å²) in [5.74, 6) is -0.630. The van der Waals surface area contributed by atoms with Crippen LogP contribution < -0.4 is 0 Å². The van der Waals surface area contributed by atoms with Gasteiger partial charge >= 0.3 is 13.5 Å². The van der Waals surface area contributed by atoms with Gasteiger partial charge in [0.1, 0.15) is 5.50 Å². The number of hydrogen-bond acceptors (Lipinski definition) is 5. The summed E-state index contributed by atoms with van der Waals surface area (Å²) in [5.41, 5.74) is -2.03. The van der Waals surface area contributed by atoms with Gasteiger partial charge in [-0.05, 0) is 44.7 Å². The molecule has 1 rings (SSSR count). The number of furan rings is 1. The molecule has 0 saturated heterocycles. The predicted octanol–water partition coefficient (Wildman–Crippen LogP) is 5.25. The first kappa shape index (κ1) is 23.5. The Balaban J connectivity index is 2.87. The Morgan fingerprint density at radius 1 is 0.963 bits per heavy atom. The molecule has 1 atom stereocenters. The van der Waals surface area contributed by atoms with Gasteiger partial charge in [0.05, 0.1) is 5.60 Å². The fourth-order valence-electron chi connectivity index (χ4n) is 1.83. The van der Waals surface area contributed by atoms with Crippen LogP contribution in [0.5, 0.6) is 0 Å². The first-order valence-corrected chi connectivity index (χ1v) is 9.42. The lowest BCUT2D eigenvalue weighted by Gasteiger charge is -2.41. The van der Waals surface area contributed by atoms with Crippen molar-refractivity contribution in [1.82, 2.24) is 0 Å². The van der Waals surface area contributed by atoms with Gasteiger partial charge in [-0.1, -0.05) is 48.5 Å². The number of ether oxygens (including phenoxy) is 1. The normalized spacial score (nSPS) is 15.2. The standard InChI is InChI=1S/C21H34BO5/c1-11-21(10,22-27-20(8,9)19(5,6)7)26-17(24)15-13-12-14(25-15)16(23)18(2,3)4/h12-13H,11H2,1-10H3. The molecule has 1 aromatic heterocycles. The Labute approximate surface area is 164 Å². The third-order valence-corrected chi connectivity index (χ3v) is 5.15. The maximum Gasteiger partial charge on any atom is 0.374 e. The second-order valence-corrected chi connectivity index (χ2v) is 9.79. The molecule has 1 unspecified atom stereocenters. The number of rotatable bonds is 7. The summed E-state index contributed by atoms with van der Waals surface area (Å²) in [6.07, 6.45) is 0.535. The molecule has 151 valence electrons. The van der Waals surface area contributed by atoms with Crippen LogP contribution in [0.25, 0.3) is 0 Å². The Morgan fingerprint density at radius 2 is 1.48 bits per heavy atom. The number of esters is 1. The Kier molecular flexibility index (Phi) is 6.80. The maximum absolute atomic E-state index is 12.5. The molecule has 6 heteroatoms. The summed E-state index contributed by atoms with van der Waals surface area (Å²) in [7, 11) is 1.58. The minimum Gasteiger partial charge on any atom is -0.460 e. The zero-order valence-electron chi connectivity index (χ0n) is 18.5. The molecule has 0 fully saturated rings. The van der Waals surface area contributed by atoms with Crippen LogP contribution in [0.1, 0.15) is 96.8 Å². The Hall–Kier alpha value is -1.56. The first-order chi connectivity index (χ1) is 12.0. The summed E-state index contributed by atoms with van der Waals surface area (Å²) in [4.78, 5) is 24.8. The van der Waals surface area contributed by atoms with E-state index in [4.69, 9.17) is 13.8 Å². The van der Waals surface area contributed by atoms with Gasteiger partial charge in [0.2, 0.25) is 11.5 Å². The van der Waals surface area contributed by atoms with Gasteiger partial charge in [-0.2, -0.15) is 0 Å². The quantitative estimate of drug-likeness (QED) is 0.369. The van der Waals surface area contributed by atoms with E-state index in [1.54, 1.807) is 35.2 Å². The molecule has 27 heavy (non-hydrogen) atoms. The van der Waals surface area contributed by atoms with Crippen molar-refractivity contribution in [2.24, 2.45) is 10.8 Å². The van der Waals surface area contributed by atoms with Crippen molar-refractivity contribution < 1.29 is 23.4 Å². The lowest BCUT2D eigenvalue weighted by atomic mass is 9.71. The summed E-state index contributed by atoms with van der Waals surface area (Å²) < 4.78 is 17.1. The van der Waals surface area contributed by atoms with E-state index in [2.05, 4.69) is 20.8 Å². The fourth-order valence-corrected chi connectivity index (χ4v) is 1.83. The molecule has 5 nitrogen and oxygen atoms in total. The highest BCUT2D eigenvalue weighted by Gasteiger charge is 2.39. The van der Waals surface area contributed by atoms with E-state index in [1.807, 2.05) is 20.8 Å². The monoisotopic (exact) mass is 377 g/mol. The molecule has 0 aliphatic rings. The number of carbonyl (C=O) groups excluding carboxylic acids is 2. The van der Waals surface area contributed by atoms with E-state index in [9.17, 15) is 9.59 Å². The molecule has 0 spiro atoms. The van der Waals surface area contributed by atoms with Gasteiger partial charge in [-0.25, -0.2) is 4.79 Å². The van der Waals surface area contributed by atoms with Crippen molar-refractivity contribution in [2.45, 2.75) is 86.8 Å². The van der Waals surface area contributed by atoms with Crippen molar-refractivity contribution in [3.8, 4) is 0 Å². The molecule has 0 aromatic carbocycles. The van der Waals surface area contributed by atoms with Crippen molar-refractivity contribution in [1.29, 1.82) is 0 Å². The number of ketones is 1. The minimum absolute atomic E-state index is 0.00533. The van der Waals surface area contributed by atoms with Gasteiger partial charge < -0.3 is 13.8 Å². The number of Topliss-reactive ketones (excluding diaryl/α,β-unsaturated/α-hetero) is 1. The van der Waals surface area contributed by atoms with Crippen molar-refractivity contribution in [3.05, 3.63) is 23.7 Å². The highest BCUT2D eigenvalue weighted by atomic mass is 16.6. The van der Waals surface area contributed by atoms with Crippen LogP contribution in [0.4, 0.5) is 0 Å². The predicted molar refractivity (Wildman–Crippen MR) is 107 cm³/mol. The maximum atomic E-state index is 12.5. The molecule has 0 bridgehead atoms. The van der Waals surface area contributed by atoms with Gasteiger partial charge in [-0.3, -0.25) is 4.79 Å². The fraction of sp³-hybridized carbons (Fsp3) is 0.714. The van der Waals surface area contributed by atoms with Gasteiger partial charge in [-0.15, -0.1) is 0 Å². The van der Waals surface area contributed by atoms with Crippen LogP contribution in [0.2, 0.25) is 0 Å². The topological polar surface area (TPSA) is 65.7 Å².